The average Bonchev–Trinajstić information content (AvgIpc) is 2.78. The van der Waals surface area contributed by atoms with Crippen LogP contribution in [-0.4, -0.2) is 43.1 Å². The van der Waals surface area contributed by atoms with Gasteiger partial charge >= 0.3 is 6.03 Å². The molecule has 0 unspecified atom stereocenters. The summed E-state index contributed by atoms with van der Waals surface area (Å²) in [5.74, 6) is 0.925. The van der Waals surface area contributed by atoms with Crippen molar-refractivity contribution < 1.29 is 14.3 Å². The number of rotatable bonds is 7. The van der Waals surface area contributed by atoms with Gasteiger partial charge in [-0.2, -0.15) is 0 Å². The number of carbonyl (C=O) groups excluding carboxylic acids is 2. The van der Waals surface area contributed by atoms with E-state index in [1.165, 1.54) is 0 Å². The van der Waals surface area contributed by atoms with Crippen LogP contribution >= 0.6 is 11.6 Å². The molecule has 160 valence electrons. The van der Waals surface area contributed by atoms with Crippen molar-refractivity contribution in [3.8, 4) is 5.75 Å². The summed E-state index contributed by atoms with van der Waals surface area (Å²) in [5, 5.41) is 6.59. The molecular formula is C23H28ClN3O3. The summed E-state index contributed by atoms with van der Waals surface area (Å²) in [6.07, 6.45) is 2.61. The molecule has 0 atom stereocenters. The van der Waals surface area contributed by atoms with Gasteiger partial charge in [0.15, 0.2) is 0 Å². The van der Waals surface area contributed by atoms with Crippen LogP contribution in [0.3, 0.4) is 0 Å². The maximum atomic E-state index is 12.5. The first kappa shape index (κ1) is 22.0. The number of piperidine rings is 1. The SMILES string of the molecule is COc1ccc(CNC(=O)NC2CCN(C(=O)CCc3ccccc3Cl)CC2)cc1. The first-order valence-corrected chi connectivity index (χ1v) is 10.6. The van der Waals surface area contributed by atoms with Crippen molar-refractivity contribution in [3.63, 3.8) is 0 Å². The van der Waals surface area contributed by atoms with Gasteiger partial charge in [-0.15, -0.1) is 0 Å². The first-order chi connectivity index (χ1) is 14.5. The molecule has 0 saturated carbocycles. The van der Waals surface area contributed by atoms with E-state index in [0.717, 1.165) is 29.7 Å². The summed E-state index contributed by atoms with van der Waals surface area (Å²) in [5.41, 5.74) is 2.00. The molecule has 1 aliphatic heterocycles. The molecule has 2 aromatic carbocycles. The Bertz CT molecular complexity index is 849. The van der Waals surface area contributed by atoms with Gasteiger partial charge in [-0.05, 0) is 48.6 Å². The van der Waals surface area contributed by atoms with Crippen molar-refractivity contribution in [2.45, 2.75) is 38.3 Å². The van der Waals surface area contributed by atoms with Crippen molar-refractivity contribution in [1.82, 2.24) is 15.5 Å². The summed E-state index contributed by atoms with van der Waals surface area (Å²) in [6.45, 7) is 1.77. The Morgan fingerprint density at radius 2 is 1.80 bits per heavy atom. The molecule has 30 heavy (non-hydrogen) atoms. The fourth-order valence-electron chi connectivity index (χ4n) is 3.54. The number of hydrogen-bond donors (Lipinski definition) is 2. The lowest BCUT2D eigenvalue weighted by atomic mass is 10.0. The average molecular weight is 430 g/mol. The Balaban J connectivity index is 1.35. The number of urea groups is 1. The fraction of sp³-hybridized carbons (Fsp3) is 0.391. The van der Waals surface area contributed by atoms with Gasteiger partial charge in [0.25, 0.3) is 0 Å². The molecule has 0 spiro atoms. The standard InChI is InChI=1S/C23H28ClN3O3/c1-30-20-9-6-17(7-10-20)16-25-23(29)26-19-12-14-27(15-13-19)22(28)11-8-18-4-2-3-5-21(18)24/h2-7,9-10,19H,8,11-16H2,1H3,(H2,25,26,29). The smallest absolute Gasteiger partial charge is 0.315 e. The number of nitrogens with zero attached hydrogens (tertiary/aromatic N) is 1. The Morgan fingerprint density at radius 3 is 2.47 bits per heavy atom. The second-order valence-electron chi connectivity index (χ2n) is 7.42. The van der Waals surface area contributed by atoms with Crippen molar-refractivity contribution in [3.05, 3.63) is 64.7 Å². The number of methoxy groups -OCH3 is 1. The zero-order valence-electron chi connectivity index (χ0n) is 17.2. The zero-order valence-corrected chi connectivity index (χ0v) is 18.0. The fourth-order valence-corrected chi connectivity index (χ4v) is 3.77. The van der Waals surface area contributed by atoms with Gasteiger partial charge < -0.3 is 20.3 Å². The molecule has 3 rings (SSSR count). The quantitative estimate of drug-likeness (QED) is 0.703. The van der Waals surface area contributed by atoms with E-state index in [-0.39, 0.29) is 18.0 Å². The summed E-state index contributed by atoms with van der Waals surface area (Å²) in [6, 6.07) is 15.1. The number of likely N-dealkylation sites (tertiary alicyclic amines) is 1. The van der Waals surface area contributed by atoms with E-state index in [4.69, 9.17) is 16.3 Å². The minimum absolute atomic E-state index is 0.0773. The Hall–Kier alpha value is -2.73. The van der Waals surface area contributed by atoms with Gasteiger partial charge in [0.05, 0.1) is 7.11 Å². The van der Waals surface area contributed by atoms with Gasteiger partial charge in [-0.3, -0.25) is 4.79 Å². The molecule has 1 heterocycles. The molecule has 7 heteroatoms. The first-order valence-electron chi connectivity index (χ1n) is 10.2. The number of carbonyl (C=O) groups is 2. The highest BCUT2D eigenvalue weighted by molar-refractivity contribution is 6.31. The highest BCUT2D eigenvalue weighted by Gasteiger charge is 2.23. The van der Waals surface area contributed by atoms with Crippen molar-refractivity contribution in [1.29, 1.82) is 0 Å². The van der Waals surface area contributed by atoms with Crippen LogP contribution in [0, 0.1) is 0 Å². The van der Waals surface area contributed by atoms with E-state index in [1.54, 1.807) is 7.11 Å². The minimum atomic E-state index is -0.186. The largest absolute Gasteiger partial charge is 0.497 e. The van der Waals surface area contributed by atoms with Gasteiger partial charge in [-0.1, -0.05) is 41.9 Å². The van der Waals surface area contributed by atoms with E-state index in [2.05, 4.69) is 10.6 Å². The van der Waals surface area contributed by atoms with Gasteiger partial charge in [0.2, 0.25) is 5.91 Å². The summed E-state index contributed by atoms with van der Waals surface area (Å²) >= 11 is 6.16. The summed E-state index contributed by atoms with van der Waals surface area (Å²) < 4.78 is 5.13. The molecule has 0 aromatic heterocycles. The van der Waals surface area contributed by atoms with Gasteiger partial charge in [0, 0.05) is 37.1 Å². The summed E-state index contributed by atoms with van der Waals surface area (Å²) in [4.78, 5) is 26.5. The predicted molar refractivity (Wildman–Crippen MR) is 118 cm³/mol. The molecule has 0 radical (unpaired) electrons. The molecule has 1 saturated heterocycles. The molecule has 2 N–H and O–H groups in total. The van der Waals surface area contributed by atoms with Gasteiger partial charge in [0.1, 0.15) is 5.75 Å². The van der Waals surface area contributed by atoms with Crippen molar-refractivity contribution in [2.75, 3.05) is 20.2 Å². The number of nitrogens with one attached hydrogen (secondary N) is 2. The Kier molecular flexibility index (Phi) is 7.97. The Labute approximate surface area is 182 Å². The number of ether oxygens (including phenoxy) is 1. The number of hydrogen-bond acceptors (Lipinski definition) is 3. The van der Waals surface area contributed by atoms with Crippen LogP contribution in [0.1, 0.15) is 30.4 Å². The van der Waals surface area contributed by atoms with Crippen LogP contribution in [-0.2, 0) is 17.8 Å². The van der Waals surface area contributed by atoms with E-state index < -0.39 is 0 Å². The lowest BCUT2D eigenvalue weighted by Crippen LogP contribution is -2.49. The maximum absolute atomic E-state index is 12.5. The maximum Gasteiger partial charge on any atom is 0.315 e. The zero-order chi connectivity index (χ0) is 21.3. The molecule has 1 aliphatic rings. The minimum Gasteiger partial charge on any atom is -0.497 e. The molecule has 0 aliphatic carbocycles. The number of halogens is 1. The van der Waals surface area contributed by atoms with Crippen LogP contribution in [0.25, 0.3) is 0 Å². The van der Waals surface area contributed by atoms with E-state index in [1.807, 2.05) is 53.4 Å². The molecular weight excluding hydrogens is 402 g/mol. The van der Waals surface area contributed by atoms with Crippen LogP contribution < -0.4 is 15.4 Å². The molecule has 1 fully saturated rings. The monoisotopic (exact) mass is 429 g/mol. The third-order valence-electron chi connectivity index (χ3n) is 5.36. The van der Waals surface area contributed by atoms with E-state index in [9.17, 15) is 9.59 Å². The van der Waals surface area contributed by atoms with E-state index >= 15 is 0 Å². The van der Waals surface area contributed by atoms with Crippen LogP contribution in [0.15, 0.2) is 48.5 Å². The number of aryl methyl sites for hydroxylation is 1. The topological polar surface area (TPSA) is 70.7 Å². The summed E-state index contributed by atoms with van der Waals surface area (Å²) in [7, 11) is 1.62. The predicted octanol–water partition coefficient (Wildman–Crippen LogP) is 3.77. The van der Waals surface area contributed by atoms with Crippen LogP contribution in [0.4, 0.5) is 4.79 Å². The molecule has 0 bridgehead atoms. The van der Waals surface area contributed by atoms with Crippen LogP contribution in [0.2, 0.25) is 5.02 Å². The molecule has 3 amide bonds. The Morgan fingerprint density at radius 1 is 1.10 bits per heavy atom. The lowest BCUT2D eigenvalue weighted by molar-refractivity contribution is -0.132. The van der Waals surface area contributed by atoms with Crippen LogP contribution in [0.5, 0.6) is 5.75 Å². The highest BCUT2D eigenvalue weighted by Crippen LogP contribution is 2.18. The number of amides is 3. The number of benzene rings is 2. The third-order valence-corrected chi connectivity index (χ3v) is 5.73. The highest BCUT2D eigenvalue weighted by atomic mass is 35.5. The second-order valence-corrected chi connectivity index (χ2v) is 7.83. The normalized spacial score (nSPS) is 14.3. The van der Waals surface area contributed by atoms with Crippen molar-refractivity contribution in [2.24, 2.45) is 0 Å². The van der Waals surface area contributed by atoms with Crippen molar-refractivity contribution >= 4 is 23.5 Å². The van der Waals surface area contributed by atoms with Gasteiger partial charge in [-0.25, -0.2) is 4.79 Å². The van der Waals surface area contributed by atoms with E-state index in [0.29, 0.717) is 37.5 Å². The lowest BCUT2D eigenvalue weighted by Gasteiger charge is -2.32. The third kappa shape index (κ3) is 6.39. The molecule has 2 aromatic rings. The molecule has 6 nitrogen and oxygen atoms in total. The second kappa shape index (κ2) is 10.9.